The van der Waals surface area contributed by atoms with Crippen molar-refractivity contribution in [3.8, 4) is 0 Å². The van der Waals surface area contributed by atoms with Crippen molar-refractivity contribution in [2.45, 2.75) is 136 Å². The van der Waals surface area contributed by atoms with Gasteiger partial charge in [-0.05, 0) is 37.2 Å². The van der Waals surface area contributed by atoms with Gasteiger partial charge >= 0.3 is 0 Å². The Kier molecular flexibility index (Phi) is 17.7. The second-order valence-corrected chi connectivity index (χ2v) is 11.1. The first kappa shape index (κ1) is 30.1. The van der Waals surface area contributed by atoms with Gasteiger partial charge in [0.15, 0.2) is 0 Å². The molecule has 1 aromatic rings. The van der Waals surface area contributed by atoms with Crippen molar-refractivity contribution in [2.24, 2.45) is 5.41 Å². The monoisotopic (exact) mass is 464 g/mol. The lowest BCUT2D eigenvalue weighted by Crippen LogP contribution is -2.26. The van der Waals surface area contributed by atoms with Crippen LogP contribution in [0.15, 0.2) is 30.3 Å². The van der Waals surface area contributed by atoms with Crippen molar-refractivity contribution in [3.05, 3.63) is 35.9 Å². The SMILES string of the molecule is CC(F)CCCCCCCCCCCCCCOCC(CC(C)(C)C)OCc1ccccc1. The van der Waals surface area contributed by atoms with Gasteiger partial charge in [-0.25, -0.2) is 4.39 Å². The second kappa shape index (κ2) is 19.4. The van der Waals surface area contributed by atoms with Crippen LogP contribution < -0.4 is 0 Å². The van der Waals surface area contributed by atoms with Gasteiger partial charge in [0, 0.05) is 6.61 Å². The molecule has 0 saturated heterocycles. The zero-order valence-electron chi connectivity index (χ0n) is 22.3. The Morgan fingerprint density at radius 2 is 1.27 bits per heavy atom. The summed E-state index contributed by atoms with van der Waals surface area (Å²) < 4.78 is 24.9. The predicted molar refractivity (Wildman–Crippen MR) is 141 cm³/mol. The first-order valence-corrected chi connectivity index (χ1v) is 13.7. The summed E-state index contributed by atoms with van der Waals surface area (Å²) in [4.78, 5) is 0. The summed E-state index contributed by atoms with van der Waals surface area (Å²) in [6, 6.07) is 10.4. The molecule has 2 nitrogen and oxygen atoms in total. The fourth-order valence-electron chi connectivity index (χ4n) is 4.25. The van der Waals surface area contributed by atoms with Gasteiger partial charge in [-0.3, -0.25) is 0 Å². The highest BCUT2D eigenvalue weighted by Gasteiger charge is 2.19. The van der Waals surface area contributed by atoms with Crippen molar-refractivity contribution in [1.29, 1.82) is 0 Å². The summed E-state index contributed by atoms with van der Waals surface area (Å²) in [5.41, 5.74) is 1.46. The third-order valence-electron chi connectivity index (χ3n) is 6.11. The number of alkyl halides is 1. The second-order valence-electron chi connectivity index (χ2n) is 11.1. The van der Waals surface area contributed by atoms with Crippen molar-refractivity contribution < 1.29 is 13.9 Å². The molecule has 3 heteroatoms. The Bertz CT molecular complexity index is 538. The molecule has 0 N–H and O–H groups in total. The molecule has 0 heterocycles. The number of benzene rings is 1. The van der Waals surface area contributed by atoms with E-state index >= 15 is 0 Å². The molecule has 0 radical (unpaired) electrons. The molecule has 33 heavy (non-hydrogen) atoms. The van der Waals surface area contributed by atoms with E-state index in [-0.39, 0.29) is 11.5 Å². The molecular formula is C30H53FO2. The van der Waals surface area contributed by atoms with Crippen LogP contribution in [0.3, 0.4) is 0 Å². The average molecular weight is 465 g/mol. The third kappa shape index (κ3) is 20.2. The molecule has 0 spiro atoms. The number of rotatable bonds is 21. The summed E-state index contributed by atoms with van der Waals surface area (Å²) in [6.07, 6.45) is 16.7. The van der Waals surface area contributed by atoms with Crippen LogP contribution in [0.2, 0.25) is 0 Å². The van der Waals surface area contributed by atoms with E-state index in [9.17, 15) is 4.39 Å². The van der Waals surface area contributed by atoms with Crippen LogP contribution in [0.1, 0.15) is 123 Å². The topological polar surface area (TPSA) is 18.5 Å². The summed E-state index contributed by atoms with van der Waals surface area (Å²) in [7, 11) is 0. The molecule has 0 amide bonds. The maximum Gasteiger partial charge on any atom is 0.0973 e. The third-order valence-corrected chi connectivity index (χ3v) is 6.11. The minimum atomic E-state index is -0.624. The molecule has 0 fully saturated rings. The first-order valence-electron chi connectivity index (χ1n) is 13.7. The van der Waals surface area contributed by atoms with Gasteiger partial charge in [0.25, 0.3) is 0 Å². The Labute approximate surface area is 205 Å². The number of hydrogen-bond donors (Lipinski definition) is 0. The van der Waals surface area contributed by atoms with E-state index in [1.165, 1.54) is 69.8 Å². The van der Waals surface area contributed by atoms with E-state index in [0.29, 0.717) is 13.2 Å². The van der Waals surface area contributed by atoms with E-state index in [4.69, 9.17) is 9.47 Å². The maximum absolute atomic E-state index is 12.7. The Hall–Kier alpha value is -0.930. The molecule has 0 aliphatic heterocycles. The zero-order chi connectivity index (χ0) is 24.2. The summed E-state index contributed by atoms with van der Waals surface area (Å²) in [5.74, 6) is 0. The zero-order valence-corrected chi connectivity index (χ0v) is 22.3. The lowest BCUT2D eigenvalue weighted by Gasteiger charge is -2.26. The smallest absolute Gasteiger partial charge is 0.0973 e. The maximum atomic E-state index is 12.7. The van der Waals surface area contributed by atoms with Crippen LogP contribution in [-0.4, -0.2) is 25.5 Å². The van der Waals surface area contributed by atoms with E-state index < -0.39 is 6.17 Å². The molecule has 1 rings (SSSR count). The normalized spacial score (nSPS) is 13.8. The van der Waals surface area contributed by atoms with Gasteiger partial charge in [-0.15, -0.1) is 0 Å². The van der Waals surface area contributed by atoms with Crippen LogP contribution in [-0.2, 0) is 16.1 Å². The van der Waals surface area contributed by atoms with E-state index in [2.05, 4.69) is 45.0 Å². The van der Waals surface area contributed by atoms with Crippen molar-refractivity contribution in [3.63, 3.8) is 0 Å². The standard InChI is InChI=1S/C30H53FO2/c1-27(31)20-16-13-11-9-7-5-6-8-10-12-14-19-23-32-26-29(24-30(2,3)4)33-25-28-21-17-15-18-22-28/h15,17-18,21-22,27,29H,5-14,16,19-20,23-26H2,1-4H3. The van der Waals surface area contributed by atoms with Gasteiger partial charge in [-0.2, -0.15) is 0 Å². The molecule has 0 bridgehead atoms. The minimum absolute atomic E-state index is 0.150. The first-order chi connectivity index (χ1) is 15.9. The molecule has 0 aliphatic carbocycles. The lowest BCUT2D eigenvalue weighted by atomic mass is 9.89. The van der Waals surface area contributed by atoms with Crippen molar-refractivity contribution in [1.82, 2.24) is 0 Å². The van der Waals surface area contributed by atoms with Gasteiger partial charge in [0.2, 0.25) is 0 Å². The van der Waals surface area contributed by atoms with E-state index in [1.54, 1.807) is 6.92 Å². The predicted octanol–water partition coefficient (Wildman–Crippen LogP) is 9.45. The highest BCUT2D eigenvalue weighted by Crippen LogP contribution is 2.23. The van der Waals surface area contributed by atoms with Crippen molar-refractivity contribution in [2.75, 3.05) is 13.2 Å². The van der Waals surface area contributed by atoms with Crippen LogP contribution in [0.25, 0.3) is 0 Å². The largest absolute Gasteiger partial charge is 0.379 e. The van der Waals surface area contributed by atoms with Gasteiger partial charge < -0.3 is 9.47 Å². The van der Waals surface area contributed by atoms with Crippen LogP contribution >= 0.6 is 0 Å². The molecule has 1 aromatic carbocycles. The van der Waals surface area contributed by atoms with E-state index in [1.807, 2.05) is 6.07 Å². The molecule has 2 unspecified atom stereocenters. The van der Waals surface area contributed by atoms with Crippen molar-refractivity contribution >= 4 is 0 Å². The summed E-state index contributed by atoms with van der Waals surface area (Å²) >= 11 is 0. The molecule has 2 atom stereocenters. The quantitative estimate of drug-likeness (QED) is 0.169. The molecule has 192 valence electrons. The molecule has 0 aromatic heterocycles. The Morgan fingerprint density at radius 3 is 1.79 bits per heavy atom. The van der Waals surface area contributed by atoms with E-state index in [0.717, 1.165) is 32.3 Å². The number of ether oxygens (including phenoxy) is 2. The van der Waals surface area contributed by atoms with Gasteiger partial charge in [0.1, 0.15) is 0 Å². The average Bonchev–Trinajstić information content (AvgIpc) is 2.76. The fraction of sp³-hybridized carbons (Fsp3) is 0.800. The van der Waals surface area contributed by atoms with Crippen LogP contribution in [0.4, 0.5) is 4.39 Å². The molecule has 0 aliphatic rings. The Balaban J connectivity index is 1.96. The molecular weight excluding hydrogens is 411 g/mol. The van der Waals surface area contributed by atoms with Crippen LogP contribution in [0.5, 0.6) is 0 Å². The van der Waals surface area contributed by atoms with Gasteiger partial charge in [0.05, 0.1) is 25.5 Å². The summed E-state index contributed by atoms with van der Waals surface area (Å²) in [5, 5.41) is 0. The van der Waals surface area contributed by atoms with Gasteiger partial charge in [-0.1, -0.05) is 122 Å². The number of unbranched alkanes of at least 4 members (excludes halogenated alkanes) is 11. The summed E-state index contributed by atoms with van der Waals surface area (Å²) in [6.45, 7) is 10.7. The van der Waals surface area contributed by atoms with Crippen LogP contribution in [0, 0.1) is 5.41 Å². The fourth-order valence-corrected chi connectivity index (χ4v) is 4.25. The highest BCUT2D eigenvalue weighted by atomic mass is 19.1. The highest BCUT2D eigenvalue weighted by molar-refractivity contribution is 5.13. The number of halogens is 1. The minimum Gasteiger partial charge on any atom is -0.379 e. The number of hydrogen-bond acceptors (Lipinski definition) is 2. The molecule has 0 saturated carbocycles. The Morgan fingerprint density at radius 1 is 0.758 bits per heavy atom. The lowest BCUT2D eigenvalue weighted by molar-refractivity contribution is -0.0430.